The van der Waals surface area contributed by atoms with E-state index in [0.717, 1.165) is 22.9 Å². The maximum Gasteiger partial charge on any atom is 0.325 e. The van der Waals surface area contributed by atoms with Crippen LogP contribution in [0, 0.1) is 13.8 Å². The van der Waals surface area contributed by atoms with Crippen molar-refractivity contribution in [1.82, 2.24) is 14.9 Å². The molecule has 0 saturated heterocycles. The summed E-state index contributed by atoms with van der Waals surface area (Å²) in [4.78, 5) is 42.0. The number of para-hydroxylation sites is 1. The zero-order valence-electron chi connectivity index (χ0n) is 17.4. The summed E-state index contributed by atoms with van der Waals surface area (Å²) in [5, 5.41) is 5.40. The second kappa shape index (κ2) is 9.13. The number of hydrogen-bond donors (Lipinski definition) is 2. The minimum atomic E-state index is -0.624. The highest BCUT2D eigenvalue weighted by molar-refractivity contribution is 8.00. The molecule has 0 saturated carbocycles. The zero-order valence-corrected chi connectivity index (χ0v) is 18.2. The van der Waals surface area contributed by atoms with Crippen molar-refractivity contribution in [2.75, 3.05) is 5.32 Å². The molecule has 30 heavy (non-hydrogen) atoms. The Morgan fingerprint density at radius 1 is 1.17 bits per heavy atom. The van der Waals surface area contributed by atoms with Crippen LogP contribution in [0.25, 0.3) is 10.9 Å². The van der Waals surface area contributed by atoms with Crippen LogP contribution in [0.1, 0.15) is 25.0 Å². The number of imide groups is 1. The molecule has 0 aliphatic heterocycles. The zero-order chi connectivity index (χ0) is 21.8. The first-order chi connectivity index (χ1) is 14.3. The summed E-state index contributed by atoms with van der Waals surface area (Å²) in [7, 11) is 0. The van der Waals surface area contributed by atoms with E-state index in [1.165, 1.54) is 4.57 Å². The van der Waals surface area contributed by atoms with Gasteiger partial charge in [-0.05, 0) is 51.5 Å². The molecule has 2 aromatic carbocycles. The first-order valence-electron chi connectivity index (χ1n) is 9.65. The molecular formula is C22H24N4O3S. The Kier molecular flexibility index (Phi) is 6.56. The van der Waals surface area contributed by atoms with E-state index < -0.39 is 17.2 Å². The van der Waals surface area contributed by atoms with Crippen LogP contribution in [0.15, 0.2) is 52.4 Å². The normalized spacial score (nSPS) is 11.9. The van der Waals surface area contributed by atoms with E-state index in [9.17, 15) is 14.4 Å². The molecular weight excluding hydrogens is 400 g/mol. The van der Waals surface area contributed by atoms with Crippen molar-refractivity contribution < 1.29 is 9.59 Å². The molecule has 1 unspecified atom stereocenters. The van der Waals surface area contributed by atoms with E-state index in [0.29, 0.717) is 28.3 Å². The smallest absolute Gasteiger partial charge is 0.307 e. The van der Waals surface area contributed by atoms with Gasteiger partial charge in [-0.2, -0.15) is 0 Å². The summed E-state index contributed by atoms with van der Waals surface area (Å²) in [6.07, 6.45) is 0. The Bertz CT molecular complexity index is 1170. The second-order valence-electron chi connectivity index (χ2n) is 6.98. The number of urea groups is 1. The van der Waals surface area contributed by atoms with E-state index in [-0.39, 0.29) is 5.56 Å². The number of rotatable bonds is 5. The third-order valence-electron chi connectivity index (χ3n) is 4.66. The first-order valence-corrected chi connectivity index (χ1v) is 10.5. The monoisotopic (exact) mass is 424 g/mol. The van der Waals surface area contributed by atoms with E-state index >= 15 is 0 Å². The maximum absolute atomic E-state index is 12.7. The Morgan fingerprint density at radius 3 is 2.60 bits per heavy atom. The topological polar surface area (TPSA) is 93.1 Å². The Balaban J connectivity index is 1.72. The van der Waals surface area contributed by atoms with E-state index in [4.69, 9.17) is 0 Å². The van der Waals surface area contributed by atoms with Gasteiger partial charge in [0.15, 0.2) is 5.16 Å². The molecule has 3 aromatic rings. The molecule has 0 radical (unpaired) electrons. The van der Waals surface area contributed by atoms with Crippen LogP contribution in [0.5, 0.6) is 0 Å². The van der Waals surface area contributed by atoms with E-state index in [1.54, 1.807) is 31.2 Å². The van der Waals surface area contributed by atoms with Gasteiger partial charge < -0.3 is 5.32 Å². The number of carbonyl (C=O) groups is 2. The van der Waals surface area contributed by atoms with E-state index in [2.05, 4.69) is 15.6 Å². The predicted molar refractivity (Wildman–Crippen MR) is 120 cm³/mol. The number of nitrogens with zero attached hydrogens (tertiary/aromatic N) is 2. The minimum absolute atomic E-state index is 0.147. The van der Waals surface area contributed by atoms with Crippen LogP contribution in [-0.4, -0.2) is 26.7 Å². The van der Waals surface area contributed by atoms with Gasteiger partial charge in [-0.15, -0.1) is 0 Å². The highest BCUT2D eigenvalue weighted by atomic mass is 32.2. The molecule has 1 atom stereocenters. The number of carbonyl (C=O) groups excluding carboxylic acids is 2. The molecule has 7 nitrogen and oxygen atoms in total. The summed E-state index contributed by atoms with van der Waals surface area (Å²) >= 11 is 1.15. The van der Waals surface area contributed by atoms with Gasteiger partial charge in [-0.25, -0.2) is 9.78 Å². The predicted octanol–water partition coefficient (Wildman–Crippen LogP) is 3.86. The number of aromatic nitrogens is 2. The number of amides is 3. The maximum atomic E-state index is 12.7. The molecule has 156 valence electrons. The fourth-order valence-corrected chi connectivity index (χ4v) is 4.02. The van der Waals surface area contributed by atoms with Gasteiger partial charge in [0.05, 0.1) is 16.2 Å². The standard InChI is InChI=1S/C22H24N4O3S/c1-5-26-20(28)16-8-6-7-9-18(16)24-22(26)30-15(4)19(27)25-21(29)23-17-11-10-13(2)12-14(17)3/h6-12,15H,5H2,1-4H3,(H2,23,25,27,29). The lowest BCUT2D eigenvalue weighted by Gasteiger charge is -2.15. The largest absolute Gasteiger partial charge is 0.325 e. The highest BCUT2D eigenvalue weighted by Crippen LogP contribution is 2.23. The number of anilines is 1. The van der Waals surface area contributed by atoms with Gasteiger partial charge in [0.2, 0.25) is 5.91 Å². The third kappa shape index (κ3) is 4.71. The van der Waals surface area contributed by atoms with Crippen molar-refractivity contribution in [2.45, 2.75) is 44.6 Å². The summed E-state index contributed by atoms with van der Waals surface area (Å²) in [6.45, 7) is 7.81. The van der Waals surface area contributed by atoms with Gasteiger partial charge in [-0.3, -0.25) is 19.5 Å². The minimum Gasteiger partial charge on any atom is -0.307 e. The average molecular weight is 425 g/mol. The van der Waals surface area contributed by atoms with Crippen molar-refractivity contribution in [1.29, 1.82) is 0 Å². The molecule has 0 aliphatic carbocycles. The number of thioether (sulfide) groups is 1. The quantitative estimate of drug-likeness (QED) is 0.479. The lowest BCUT2D eigenvalue weighted by molar-refractivity contribution is -0.119. The fraction of sp³-hybridized carbons (Fsp3) is 0.273. The molecule has 0 spiro atoms. The van der Waals surface area contributed by atoms with Crippen LogP contribution < -0.4 is 16.2 Å². The lowest BCUT2D eigenvalue weighted by Crippen LogP contribution is -2.39. The molecule has 0 aliphatic rings. The fourth-order valence-electron chi connectivity index (χ4n) is 3.05. The van der Waals surface area contributed by atoms with Gasteiger partial charge in [-0.1, -0.05) is 41.6 Å². The average Bonchev–Trinajstić information content (AvgIpc) is 2.70. The molecule has 8 heteroatoms. The first kappa shape index (κ1) is 21.6. The van der Waals surface area contributed by atoms with Gasteiger partial charge >= 0.3 is 6.03 Å². The molecule has 2 N–H and O–H groups in total. The van der Waals surface area contributed by atoms with Crippen molar-refractivity contribution in [2.24, 2.45) is 0 Å². The Hall–Kier alpha value is -3.13. The van der Waals surface area contributed by atoms with Crippen LogP contribution in [0.2, 0.25) is 0 Å². The van der Waals surface area contributed by atoms with Crippen molar-refractivity contribution in [3.8, 4) is 0 Å². The number of aryl methyl sites for hydroxylation is 2. The van der Waals surface area contributed by atoms with Crippen molar-refractivity contribution in [3.05, 3.63) is 63.9 Å². The molecule has 1 heterocycles. The van der Waals surface area contributed by atoms with Crippen LogP contribution in [0.4, 0.5) is 10.5 Å². The SMILES string of the molecule is CCn1c(SC(C)C(=O)NC(=O)Nc2ccc(C)cc2C)nc2ccccc2c1=O. The lowest BCUT2D eigenvalue weighted by atomic mass is 10.1. The molecule has 0 fully saturated rings. The van der Waals surface area contributed by atoms with Crippen LogP contribution >= 0.6 is 11.8 Å². The number of benzene rings is 2. The summed E-state index contributed by atoms with van der Waals surface area (Å²) < 4.78 is 1.53. The number of hydrogen-bond acceptors (Lipinski definition) is 5. The van der Waals surface area contributed by atoms with E-state index in [1.807, 2.05) is 39.0 Å². The summed E-state index contributed by atoms with van der Waals surface area (Å²) in [5.74, 6) is -0.465. The Morgan fingerprint density at radius 2 is 1.90 bits per heavy atom. The third-order valence-corrected chi connectivity index (χ3v) is 5.75. The summed E-state index contributed by atoms with van der Waals surface area (Å²) in [5.41, 5.74) is 3.07. The van der Waals surface area contributed by atoms with Crippen molar-refractivity contribution in [3.63, 3.8) is 0 Å². The number of fused-ring (bicyclic) bond motifs is 1. The van der Waals surface area contributed by atoms with Crippen LogP contribution in [-0.2, 0) is 11.3 Å². The molecule has 1 aromatic heterocycles. The molecule has 3 amide bonds. The molecule has 0 bridgehead atoms. The van der Waals surface area contributed by atoms with Gasteiger partial charge in [0.1, 0.15) is 0 Å². The van der Waals surface area contributed by atoms with Gasteiger partial charge in [0.25, 0.3) is 5.56 Å². The highest BCUT2D eigenvalue weighted by Gasteiger charge is 2.21. The van der Waals surface area contributed by atoms with Crippen LogP contribution in [0.3, 0.4) is 0 Å². The summed E-state index contributed by atoms with van der Waals surface area (Å²) in [6, 6.07) is 12.1. The van der Waals surface area contributed by atoms with Crippen molar-refractivity contribution >= 4 is 40.3 Å². The number of nitrogens with one attached hydrogen (secondary N) is 2. The second-order valence-corrected chi connectivity index (χ2v) is 8.29. The molecule has 3 rings (SSSR count). The Labute approximate surface area is 178 Å². The van der Waals surface area contributed by atoms with Gasteiger partial charge in [0, 0.05) is 12.2 Å².